The van der Waals surface area contributed by atoms with Crippen LogP contribution in [-0.4, -0.2) is 20.0 Å². The Kier molecular flexibility index (Phi) is 4.07. The summed E-state index contributed by atoms with van der Waals surface area (Å²) in [7, 11) is 1.64. The summed E-state index contributed by atoms with van der Waals surface area (Å²) in [6.45, 7) is 0.779. The molecule has 1 aromatic carbocycles. The molecule has 2 rings (SSSR count). The van der Waals surface area contributed by atoms with Crippen LogP contribution in [0, 0.1) is 0 Å². The van der Waals surface area contributed by atoms with Crippen LogP contribution in [0.15, 0.2) is 22.7 Å². The lowest BCUT2D eigenvalue weighted by Crippen LogP contribution is -2.25. The Morgan fingerprint density at radius 3 is 2.88 bits per heavy atom. The molecule has 1 saturated heterocycles. The molecule has 0 radical (unpaired) electrons. The van der Waals surface area contributed by atoms with Gasteiger partial charge in [0.1, 0.15) is 0 Å². The second kappa shape index (κ2) is 5.55. The molecular formula is C12H15BrO3. The van der Waals surface area contributed by atoms with Gasteiger partial charge in [-0.2, -0.15) is 0 Å². The summed E-state index contributed by atoms with van der Waals surface area (Å²) >= 11 is 3.41. The SMILES string of the molecule is COc1ccc(Br)cc1O[13CH]1CCCCO1. The molecule has 0 bridgehead atoms. The predicted molar refractivity (Wildman–Crippen MR) is 64.9 cm³/mol. The Balaban J connectivity index is 2.09. The third-order valence-corrected chi connectivity index (χ3v) is 3.02. The highest BCUT2D eigenvalue weighted by Gasteiger charge is 2.17. The van der Waals surface area contributed by atoms with E-state index in [2.05, 4.69) is 15.9 Å². The molecule has 0 N–H and O–H groups in total. The normalized spacial score (nSPS) is 20.5. The van der Waals surface area contributed by atoms with E-state index in [0.717, 1.165) is 41.8 Å². The summed E-state index contributed by atoms with van der Waals surface area (Å²) in [6, 6.07) is 5.70. The van der Waals surface area contributed by atoms with Gasteiger partial charge in [0.25, 0.3) is 0 Å². The molecule has 1 aliphatic rings. The second-order valence-corrected chi connectivity index (χ2v) is 4.62. The van der Waals surface area contributed by atoms with Crippen LogP contribution >= 0.6 is 15.9 Å². The minimum absolute atomic E-state index is 0.142. The Morgan fingerprint density at radius 1 is 1.31 bits per heavy atom. The molecule has 16 heavy (non-hydrogen) atoms. The van der Waals surface area contributed by atoms with Crippen molar-refractivity contribution in [2.24, 2.45) is 0 Å². The van der Waals surface area contributed by atoms with Gasteiger partial charge in [0.2, 0.25) is 0 Å². The van der Waals surface area contributed by atoms with Gasteiger partial charge < -0.3 is 14.2 Å². The van der Waals surface area contributed by atoms with Gasteiger partial charge in [-0.05, 0) is 31.0 Å². The summed E-state index contributed by atoms with van der Waals surface area (Å²) in [5.41, 5.74) is 0. The molecule has 1 unspecified atom stereocenters. The van der Waals surface area contributed by atoms with Gasteiger partial charge in [0, 0.05) is 10.9 Å². The first-order valence-electron chi connectivity index (χ1n) is 5.41. The van der Waals surface area contributed by atoms with Crippen molar-refractivity contribution < 1.29 is 14.2 Å². The molecule has 1 aliphatic heterocycles. The van der Waals surface area contributed by atoms with E-state index in [1.807, 2.05) is 18.2 Å². The molecule has 1 fully saturated rings. The first-order chi connectivity index (χ1) is 7.79. The fourth-order valence-corrected chi connectivity index (χ4v) is 2.03. The van der Waals surface area contributed by atoms with Crippen LogP contribution in [0.25, 0.3) is 0 Å². The molecule has 0 aliphatic carbocycles. The molecular weight excluding hydrogens is 273 g/mol. The number of hydrogen-bond donors (Lipinski definition) is 0. The van der Waals surface area contributed by atoms with Crippen molar-refractivity contribution in [3.05, 3.63) is 22.7 Å². The third-order valence-electron chi connectivity index (χ3n) is 2.52. The zero-order chi connectivity index (χ0) is 11.4. The van der Waals surface area contributed by atoms with Crippen LogP contribution < -0.4 is 9.47 Å². The lowest BCUT2D eigenvalue weighted by Gasteiger charge is -2.24. The number of rotatable bonds is 3. The fraction of sp³-hybridized carbons (Fsp3) is 0.500. The highest BCUT2D eigenvalue weighted by molar-refractivity contribution is 9.10. The molecule has 1 aromatic rings. The van der Waals surface area contributed by atoms with Crippen molar-refractivity contribution in [1.29, 1.82) is 0 Å². The maximum absolute atomic E-state index is 5.78. The van der Waals surface area contributed by atoms with Crippen molar-refractivity contribution in [2.45, 2.75) is 25.6 Å². The highest BCUT2D eigenvalue weighted by Crippen LogP contribution is 2.32. The summed E-state index contributed by atoms with van der Waals surface area (Å²) in [6.07, 6.45) is 3.07. The van der Waals surface area contributed by atoms with Crippen LogP contribution in [0.4, 0.5) is 0 Å². The minimum atomic E-state index is -0.142. The molecule has 0 spiro atoms. The van der Waals surface area contributed by atoms with Crippen molar-refractivity contribution in [3.63, 3.8) is 0 Å². The van der Waals surface area contributed by atoms with Gasteiger partial charge in [-0.25, -0.2) is 0 Å². The Morgan fingerprint density at radius 2 is 2.19 bits per heavy atom. The topological polar surface area (TPSA) is 27.7 Å². The first kappa shape index (κ1) is 11.7. The van der Waals surface area contributed by atoms with Crippen LogP contribution in [0.1, 0.15) is 19.3 Å². The van der Waals surface area contributed by atoms with Crippen molar-refractivity contribution in [3.8, 4) is 11.5 Å². The maximum Gasteiger partial charge on any atom is 0.200 e. The van der Waals surface area contributed by atoms with Crippen LogP contribution in [0.3, 0.4) is 0 Å². The van der Waals surface area contributed by atoms with Crippen LogP contribution in [0.5, 0.6) is 11.5 Å². The van der Waals surface area contributed by atoms with E-state index in [4.69, 9.17) is 14.2 Å². The Hall–Kier alpha value is -0.740. The summed E-state index contributed by atoms with van der Waals surface area (Å²) in [5, 5.41) is 0. The molecule has 88 valence electrons. The lowest BCUT2D eigenvalue weighted by molar-refractivity contribution is -0.106. The van der Waals surface area contributed by atoms with Gasteiger partial charge in [0.15, 0.2) is 17.8 Å². The highest BCUT2D eigenvalue weighted by atomic mass is 79.9. The minimum Gasteiger partial charge on any atom is -0.493 e. The van der Waals surface area contributed by atoms with Crippen LogP contribution in [-0.2, 0) is 4.74 Å². The van der Waals surface area contributed by atoms with E-state index in [0.29, 0.717) is 0 Å². The van der Waals surface area contributed by atoms with Gasteiger partial charge in [0.05, 0.1) is 13.7 Å². The van der Waals surface area contributed by atoms with Gasteiger partial charge in [-0.15, -0.1) is 0 Å². The van der Waals surface area contributed by atoms with Crippen molar-refractivity contribution in [2.75, 3.05) is 13.7 Å². The Labute approximate surface area is 104 Å². The molecule has 3 nitrogen and oxygen atoms in total. The van der Waals surface area contributed by atoms with E-state index in [1.165, 1.54) is 0 Å². The Bertz CT molecular complexity index is 348. The number of benzene rings is 1. The van der Waals surface area contributed by atoms with E-state index < -0.39 is 0 Å². The van der Waals surface area contributed by atoms with Crippen LogP contribution in [0.2, 0.25) is 0 Å². The molecule has 0 saturated carbocycles. The van der Waals surface area contributed by atoms with E-state index in [9.17, 15) is 0 Å². The summed E-state index contributed by atoms with van der Waals surface area (Å²) in [5.74, 6) is 1.46. The van der Waals surface area contributed by atoms with Gasteiger partial charge in [-0.3, -0.25) is 0 Å². The molecule has 4 heteroatoms. The zero-order valence-corrected chi connectivity index (χ0v) is 10.8. The zero-order valence-electron chi connectivity index (χ0n) is 9.24. The largest absolute Gasteiger partial charge is 0.493 e. The summed E-state index contributed by atoms with van der Waals surface area (Å²) < 4.78 is 17.5. The van der Waals surface area contributed by atoms with E-state index in [1.54, 1.807) is 7.11 Å². The first-order valence-corrected chi connectivity index (χ1v) is 6.20. The van der Waals surface area contributed by atoms with Gasteiger partial charge in [-0.1, -0.05) is 15.9 Å². The monoisotopic (exact) mass is 287 g/mol. The maximum atomic E-state index is 5.78. The van der Waals surface area contributed by atoms with E-state index in [-0.39, 0.29) is 6.29 Å². The average molecular weight is 288 g/mol. The number of ether oxygens (including phenoxy) is 3. The standard InChI is InChI=1S/C12H15BrO3/c1-14-10-6-5-9(13)8-11(10)16-12-4-2-3-7-15-12/h5-6,8,12H,2-4,7H2,1H3/i12+1. The molecule has 1 heterocycles. The molecule has 0 amide bonds. The predicted octanol–water partition coefficient (Wildman–Crippen LogP) is 3.36. The van der Waals surface area contributed by atoms with Gasteiger partial charge >= 0.3 is 0 Å². The average Bonchev–Trinajstić information content (AvgIpc) is 2.31. The quantitative estimate of drug-likeness (QED) is 0.798. The molecule has 0 aromatic heterocycles. The van der Waals surface area contributed by atoms with Crippen molar-refractivity contribution >= 4 is 15.9 Å². The number of halogens is 1. The fourth-order valence-electron chi connectivity index (χ4n) is 1.69. The second-order valence-electron chi connectivity index (χ2n) is 3.71. The smallest absolute Gasteiger partial charge is 0.200 e. The lowest BCUT2D eigenvalue weighted by atomic mass is 10.3. The third kappa shape index (κ3) is 2.89. The van der Waals surface area contributed by atoms with Crippen molar-refractivity contribution in [1.82, 2.24) is 0 Å². The number of hydrogen-bond acceptors (Lipinski definition) is 3. The molecule has 1 atom stereocenters. The van der Waals surface area contributed by atoms with E-state index >= 15 is 0 Å². The summed E-state index contributed by atoms with van der Waals surface area (Å²) in [4.78, 5) is 0. The number of methoxy groups -OCH3 is 1.